The molecule has 1 saturated heterocycles. The van der Waals surface area contributed by atoms with Crippen LogP contribution >= 0.6 is 0 Å². The number of aromatic nitrogens is 4. The Balaban J connectivity index is 1.38. The molecule has 1 aliphatic carbocycles. The van der Waals surface area contributed by atoms with Crippen LogP contribution in [-0.4, -0.2) is 50.1 Å². The zero-order chi connectivity index (χ0) is 25.0. The number of anilines is 2. The van der Waals surface area contributed by atoms with Crippen LogP contribution in [0.1, 0.15) is 37.9 Å². The summed E-state index contributed by atoms with van der Waals surface area (Å²) >= 11 is 0. The van der Waals surface area contributed by atoms with Gasteiger partial charge >= 0.3 is 12.2 Å². The van der Waals surface area contributed by atoms with Gasteiger partial charge in [-0.15, -0.1) is 0 Å². The van der Waals surface area contributed by atoms with Crippen LogP contribution in [0.4, 0.5) is 29.7 Å². The highest BCUT2D eigenvalue weighted by Crippen LogP contribution is 2.47. The molecule has 3 heterocycles. The van der Waals surface area contributed by atoms with E-state index in [0.717, 1.165) is 25.0 Å². The van der Waals surface area contributed by atoms with E-state index in [9.17, 15) is 18.0 Å². The van der Waals surface area contributed by atoms with Crippen molar-refractivity contribution in [2.45, 2.75) is 44.4 Å². The lowest BCUT2D eigenvalue weighted by Gasteiger charge is -2.25. The van der Waals surface area contributed by atoms with E-state index < -0.39 is 17.3 Å². The van der Waals surface area contributed by atoms with Crippen molar-refractivity contribution in [2.75, 3.05) is 23.8 Å². The molecule has 2 aromatic heterocycles. The second-order valence-electron chi connectivity index (χ2n) is 9.50. The fourth-order valence-corrected chi connectivity index (χ4v) is 4.42. The first kappa shape index (κ1) is 23.1. The minimum Gasteiger partial charge on any atom is -0.343 e. The molecule has 2 fully saturated rings. The van der Waals surface area contributed by atoms with Crippen molar-refractivity contribution in [2.24, 2.45) is 5.92 Å². The molecule has 8 nitrogen and oxygen atoms in total. The van der Waals surface area contributed by atoms with Gasteiger partial charge in [0.1, 0.15) is 5.82 Å². The fraction of sp³-hybridized carbons (Fsp3) is 0.417. The molecule has 1 aromatic carbocycles. The van der Waals surface area contributed by atoms with Gasteiger partial charge in [-0.05, 0) is 43.0 Å². The number of imidazole rings is 1. The van der Waals surface area contributed by atoms with E-state index in [0.29, 0.717) is 29.7 Å². The molecular formula is C24H26F3N7O. The molecule has 5 rings (SSSR count). The third-order valence-electron chi connectivity index (χ3n) is 6.63. The van der Waals surface area contributed by atoms with Gasteiger partial charge in [0.2, 0.25) is 5.95 Å². The summed E-state index contributed by atoms with van der Waals surface area (Å²) in [6.45, 7) is 4.77. The highest BCUT2D eigenvalue weighted by Gasteiger charge is 2.47. The predicted octanol–water partition coefficient (Wildman–Crippen LogP) is 4.68. The normalized spacial score (nSPS) is 19.5. The Hall–Kier alpha value is -3.63. The number of rotatable bonds is 6. The molecule has 1 saturated carbocycles. The highest BCUT2D eigenvalue weighted by atomic mass is 19.4. The summed E-state index contributed by atoms with van der Waals surface area (Å²) in [6.07, 6.45) is 2.00. The van der Waals surface area contributed by atoms with Gasteiger partial charge in [-0.25, -0.2) is 14.8 Å². The molecule has 0 spiro atoms. The maximum atomic E-state index is 13.1. The van der Waals surface area contributed by atoms with Crippen LogP contribution in [0, 0.1) is 5.92 Å². The number of nitrogens with zero attached hydrogens (tertiary/aromatic N) is 6. The third-order valence-corrected chi connectivity index (χ3v) is 6.63. The molecule has 1 atom stereocenters. The fourth-order valence-electron chi connectivity index (χ4n) is 4.42. The lowest BCUT2D eigenvalue weighted by atomic mass is 10.0. The van der Waals surface area contributed by atoms with Crippen molar-refractivity contribution in [1.29, 1.82) is 0 Å². The number of benzene rings is 1. The first-order valence-electron chi connectivity index (χ1n) is 11.4. The number of hydrogen-bond donors (Lipinski definition) is 1. The summed E-state index contributed by atoms with van der Waals surface area (Å²) in [5, 5.41) is 3.35. The monoisotopic (exact) mass is 485 g/mol. The Labute approximate surface area is 200 Å². The number of carbonyl (C=O) groups excluding carboxylic acids is 1. The van der Waals surface area contributed by atoms with Gasteiger partial charge in [0.15, 0.2) is 0 Å². The summed E-state index contributed by atoms with van der Waals surface area (Å²) in [5.74, 6) is 1.16. The molecule has 3 aromatic rings. The molecule has 184 valence electrons. The van der Waals surface area contributed by atoms with Gasteiger partial charge in [-0.3, -0.25) is 4.90 Å². The third kappa shape index (κ3) is 4.30. The second kappa shape index (κ2) is 8.24. The minimum atomic E-state index is -4.42. The summed E-state index contributed by atoms with van der Waals surface area (Å²) < 4.78 is 40.9. The van der Waals surface area contributed by atoms with E-state index in [2.05, 4.69) is 34.1 Å². The van der Waals surface area contributed by atoms with Crippen molar-refractivity contribution in [1.82, 2.24) is 24.4 Å². The van der Waals surface area contributed by atoms with E-state index in [1.54, 1.807) is 45.9 Å². The van der Waals surface area contributed by atoms with Gasteiger partial charge < -0.3 is 14.8 Å². The zero-order valence-corrected chi connectivity index (χ0v) is 19.6. The topological polar surface area (TPSA) is 79.2 Å². The summed E-state index contributed by atoms with van der Waals surface area (Å²) in [6, 6.07) is 6.75. The lowest BCUT2D eigenvalue weighted by Crippen LogP contribution is -2.38. The van der Waals surface area contributed by atoms with E-state index in [1.165, 1.54) is 12.4 Å². The Morgan fingerprint density at radius 1 is 1.17 bits per heavy atom. The minimum absolute atomic E-state index is 0.00768. The van der Waals surface area contributed by atoms with Crippen molar-refractivity contribution in [3.8, 4) is 5.69 Å². The molecule has 0 radical (unpaired) electrons. The van der Waals surface area contributed by atoms with Crippen molar-refractivity contribution in [3.63, 3.8) is 0 Å². The maximum Gasteiger partial charge on any atom is 0.416 e. The van der Waals surface area contributed by atoms with Crippen LogP contribution in [-0.2, 0) is 11.7 Å². The average Bonchev–Trinajstić information content (AvgIpc) is 3.28. The molecule has 1 aliphatic heterocycles. The van der Waals surface area contributed by atoms with Gasteiger partial charge in [0, 0.05) is 31.7 Å². The van der Waals surface area contributed by atoms with E-state index >= 15 is 0 Å². The quantitative estimate of drug-likeness (QED) is 0.549. The number of amides is 2. The molecule has 1 unspecified atom stereocenters. The molecule has 0 bridgehead atoms. The lowest BCUT2D eigenvalue weighted by molar-refractivity contribution is -0.137. The SMILES string of the molecule is CC(C)C1CN(C)C(=O)N1c1ccnc(NC2(c3cn(-c4cccc(C(F)(F)F)c4)cn3)CC2)n1. The number of nitrogens with one attached hydrogen (secondary N) is 1. The van der Waals surface area contributed by atoms with Crippen LogP contribution in [0.25, 0.3) is 5.69 Å². The molecule has 11 heteroatoms. The molecule has 2 aliphatic rings. The number of urea groups is 1. The number of hydrogen-bond acceptors (Lipinski definition) is 5. The average molecular weight is 486 g/mol. The van der Waals surface area contributed by atoms with E-state index in [1.807, 2.05) is 0 Å². The highest BCUT2D eigenvalue weighted by molar-refractivity contribution is 5.94. The number of carbonyl (C=O) groups is 1. The number of halogens is 3. The number of alkyl halides is 3. The standard InChI is InChI=1S/C24H26F3N7O/c1-15(2)18-12-32(3)22(35)34(18)20-7-10-28-21(30-20)31-23(8-9-23)19-13-33(14-29-19)17-6-4-5-16(11-17)24(25,26)27/h4-7,10-11,13-15,18H,8-9,12H2,1-3H3,(H,28,30,31). The maximum absolute atomic E-state index is 13.1. The first-order valence-corrected chi connectivity index (χ1v) is 11.4. The number of likely N-dealkylation sites (N-methyl/N-ethyl adjacent to an activating group) is 1. The Bertz CT molecular complexity index is 1250. The van der Waals surface area contributed by atoms with Crippen LogP contribution in [0.5, 0.6) is 0 Å². The van der Waals surface area contributed by atoms with Crippen LogP contribution in [0.15, 0.2) is 49.1 Å². The predicted molar refractivity (Wildman–Crippen MR) is 124 cm³/mol. The van der Waals surface area contributed by atoms with Gasteiger partial charge in [0.05, 0.1) is 29.2 Å². The van der Waals surface area contributed by atoms with Gasteiger partial charge in [0.25, 0.3) is 0 Å². The van der Waals surface area contributed by atoms with Crippen molar-refractivity contribution >= 4 is 17.8 Å². The summed E-state index contributed by atoms with van der Waals surface area (Å²) in [7, 11) is 1.78. The van der Waals surface area contributed by atoms with Gasteiger partial charge in [-0.1, -0.05) is 19.9 Å². The molecule has 35 heavy (non-hydrogen) atoms. The van der Waals surface area contributed by atoms with Crippen LogP contribution in [0.2, 0.25) is 0 Å². The first-order chi connectivity index (χ1) is 16.6. The zero-order valence-electron chi connectivity index (χ0n) is 19.6. The van der Waals surface area contributed by atoms with E-state index in [-0.39, 0.29) is 18.0 Å². The summed E-state index contributed by atoms with van der Waals surface area (Å²) in [4.78, 5) is 29.6. The molecule has 1 N–H and O–H groups in total. The molecular weight excluding hydrogens is 459 g/mol. The Morgan fingerprint density at radius 2 is 1.94 bits per heavy atom. The largest absolute Gasteiger partial charge is 0.416 e. The summed E-state index contributed by atoms with van der Waals surface area (Å²) in [5.41, 5.74) is -0.143. The Morgan fingerprint density at radius 3 is 2.63 bits per heavy atom. The molecule has 2 amide bonds. The second-order valence-corrected chi connectivity index (χ2v) is 9.50. The van der Waals surface area contributed by atoms with Gasteiger partial charge in [-0.2, -0.15) is 18.2 Å². The van der Waals surface area contributed by atoms with Crippen molar-refractivity contribution in [3.05, 3.63) is 60.3 Å². The van der Waals surface area contributed by atoms with E-state index in [4.69, 9.17) is 0 Å². The van der Waals surface area contributed by atoms with Crippen LogP contribution in [0.3, 0.4) is 0 Å². The smallest absolute Gasteiger partial charge is 0.343 e. The Kier molecular flexibility index (Phi) is 5.45. The van der Waals surface area contributed by atoms with Crippen LogP contribution < -0.4 is 10.2 Å². The van der Waals surface area contributed by atoms with Crippen molar-refractivity contribution < 1.29 is 18.0 Å².